The van der Waals surface area contributed by atoms with E-state index in [1.165, 1.54) is 11.1 Å². The number of aromatic nitrogens is 2. The maximum Gasteiger partial charge on any atom is 0.469 e. The van der Waals surface area contributed by atoms with Crippen LogP contribution in [-0.2, 0) is 20.4 Å². The van der Waals surface area contributed by atoms with E-state index in [2.05, 4.69) is 14.5 Å². The first-order chi connectivity index (χ1) is 16.0. The Bertz CT molecular complexity index is 1090. The molecule has 11 nitrogen and oxygen atoms in total. The third-order valence-corrected chi connectivity index (χ3v) is 6.21. The first-order valence-corrected chi connectivity index (χ1v) is 12.5. The van der Waals surface area contributed by atoms with Crippen LogP contribution in [0, 0.1) is 6.92 Å². The van der Waals surface area contributed by atoms with Crippen LogP contribution in [0.2, 0.25) is 0 Å². The number of phosphoric acid groups is 1. The van der Waals surface area contributed by atoms with Gasteiger partial charge in [0.05, 0.1) is 19.8 Å². The summed E-state index contributed by atoms with van der Waals surface area (Å²) in [5, 5.41) is -0.322. The summed E-state index contributed by atoms with van der Waals surface area (Å²) in [6, 6.07) is 6.56. The number of nitrogen functional groups attached to an aromatic ring is 1. The molecule has 0 atom stereocenters. The number of aryl methyl sites for hydroxylation is 1. The number of nitrogens with two attached hydrogens (primary N) is 1. The SMILES string of the molecule is CCOc1ccc(C(=O)S/C(CCOP(=O)(O)O)=C(/C)N(C=O)Cc2cnc(C)nc2N)cc1. The lowest BCUT2D eigenvalue weighted by atomic mass is 10.2. The van der Waals surface area contributed by atoms with Crippen LogP contribution in [0.15, 0.2) is 41.1 Å². The molecule has 0 fully saturated rings. The summed E-state index contributed by atoms with van der Waals surface area (Å²) in [7, 11) is -4.70. The number of anilines is 1. The van der Waals surface area contributed by atoms with Gasteiger partial charge in [0.25, 0.3) is 0 Å². The second kappa shape index (κ2) is 12.6. The second-order valence-corrected chi connectivity index (χ2v) is 9.30. The molecule has 1 aromatic heterocycles. The topological polar surface area (TPSA) is 165 Å². The van der Waals surface area contributed by atoms with Crippen LogP contribution in [0.1, 0.15) is 42.0 Å². The van der Waals surface area contributed by atoms with E-state index in [4.69, 9.17) is 20.3 Å². The number of rotatable bonds is 12. The van der Waals surface area contributed by atoms with Gasteiger partial charge in [-0.2, -0.15) is 0 Å². The van der Waals surface area contributed by atoms with Crippen molar-refractivity contribution in [2.45, 2.75) is 33.7 Å². The third kappa shape index (κ3) is 8.54. The zero-order valence-electron chi connectivity index (χ0n) is 19.0. The Hall–Kier alpha value is -2.76. The van der Waals surface area contributed by atoms with Crippen LogP contribution in [0.25, 0.3) is 0 Å². The van der Waals surface area contributed by atoms with Gasteiger partial charge >= 0.3 is 7.82 Å². The molecule has 1 aromatic carbocycles. The molecule has 0 aliphatic rings. The zero-order valence-corrected chi connectivity index (χ0v) is 20.7. The second-order valence-electron chi connectivity index (χ2n) is 6.99. The van der Waals surface area contributed by atoms with Crippen molar-refractivity contribution in [1.82, 2.24) is 14.9 Å². The van der Waals surface area contributed by atoms with E-state index in [-0.39, 0.29) is 30.5 Å². The molecule has 0 spiro atoms. The fraction of sp³-hybridized carbons (Fsp3) is 0.333. The van der Waals surface area contributed by atoms with E-state index in [0.717, 1.165) is 11.8 Å². The summed E-state index contributed by atoms with van der Waals surface area (Å²) in [5.41, 5.74) is 7.23. The smallest absolute Gasteiger partial charge is 0.469 e. The highest BCUT2D eigenvalue weighted by atomic mass is 32.2. The maximum atomic E-state index is 12.9. The van der Waals surface area contributed by atoms with Crippen LogP contribution in [0.3, 0.4) is 0 Å². The molecule has 0 saturated heterocycles. The molecule has 0 radical (unpaired) electrons. The first kappa shape index (κ1) is 27.5. The number of amides is 1. The minimum Gasteiger partial charge on any atom is -0.494 e. The summed E-state index contributed by atoms with van der Waals surface area (Å²) in [6.07, 6.45) is 2.06. The molecule has 184 valence electrons. The molecule has 1 amide bonds. The van der Waals surface area contributed by atoms with Crippen molar-refractivity contribution in [1.29, 1.82) is 0 Å². The van der Waals surface area contributed by atoms with E-state index in [9.17, 15) is 14.2 Å². The van der Waals surface area contributed by atoms with Gasteiger partial charge in [0.1, 0.15) is 17.4 Å². The van der Waals surface area contributed by atoms with Crippen molar-refractivity contribution in [2.24, 2.45) is 0 Å². The summed E-state index contributed by atoms with van der Waals surface area (Å²) >= 11 is 0.840. The number of ether oxygens (including phenoxy) is 1. The monoisotopic (exact) mass is 510 g/mol. The van der Waals surface area contributed by atoms with Crippen LogP contribution in [-0.4, -0.2) is 49.4 Å². The van der Waals surface area contributed by atoms with Crippen molar-refractivity contribution in [3.63, 3.8) is 0 Å². The number of nitrogens with zero attached hydrogens (tertiary/aromatic N) is 3. The number of carbonyl (C=O) groups excluding carboxylic acids is 2. The normalized spacial score (nSPS) is 12.1. The molecule has 1 heterocycles. The first-order valence-electron chi connectivity index (χ1n) is 10.2. The Morgan fingerprint density at radius 2 is 1.97 bits per heavy atom. The Balaban J connectivity index is 2.30. The van der Waals surface area contributed by atoms with Gasteiger partial charge in [-0.15, -0.1) is 0 Å². The third-order valence-electron chi connectivity index (χ3n) is 4.53. The molecular weight excluding hydrogens is 483 g/mol. The average molecular weight is 511 g/mol. The number of carbonyl (C=O) groups is 2. The quantitative estimate of drug-likeness (QED) is 0.284. The molecule has 2 aromatic rings. The van der Waals surface area contributed by atoms with E-state index in [1.807, 2.05) is 6.92 Å². The van der Waals surface area contributed by atoms with Crippen molar-refractivity contribution in [3.8, 4) is 5.75 Å². The largest absolute Gasteiger partial charge is 0.494 e. The van der Waals surface area contributed by atoms with Gasteiger partial charge in [0.2, 0.25) is 11.5 Å². The van der Waals surface area contributed by atoms with Gasteiger partial charge in [-0.1, -0.05) is 0 Å². The molecule has 0 aliphatic heterocycles. The highest BCUT2D eigenvalue weighted by molar-refractivity contribution is 8.17. The van der Waals surface area contributed by atoms with Gasteiger partial charge in [0.15, 0.2) is 0 Å². The van der Waals surface area contributed by atoms with Crippen molar-refractivity contribution < 1.29 is 33.2 Å². The van der Waals surface area contributed by atoms with Gasteiger partial charge in [-0.3, -0.25) is 14.1 Å². The summed E-state index contributed by atoms with van der Waals surface area (Å²) in [5.74, 6) is 1.32. The van der Waals surface area contributed by atoms with Crippen molar-refractivity contribution in [2.75, 3.05) is 18.9 Å². The lowest BCUT2D eigenvalue weighted by molar-refractivity contribution is -0.116. The summed E-state index contributed by atoms with van der Waals surface area (Å²) < 4.78 is 21.0. The van der Waals surface area contributed by atoms with Crippen LogP contribution >= 0.6 is 19.6 Å². The number of hydrogen-bond acceptors (Lipinski definition) is 9. The Labute approximate surface area is 201 Å². The zero-order chi connectivity index (χ0) is 25.3. The van der Waals surface area contributed by atoms with E-state index in [0.29, 0.717) is 46.3 Å². The number of benzene rings is 1. The molecule has 0 unspecified atom stereocenters. The average Bonchev–Trinajstić information content (AvgIpc) is 2.77. The van der Waals surface area contributed by atoms with E-state index >= 15 is 0 Å². The van der Waals surface area contributed by atoms with Gasteiger partial charge in [-0.05, 0) is 56.8 Å². The lowest BCUT2D eigenvalue weighted by Crippen LogP contribution is -2.22. The fourth-order valence-corrected chi connectivity index (χ4v) is 4.06. The van der Waals surface area contributed by atoms with E-state index < -0.39 is 7.82 Å². The minimum absolute atomic E-state index is 0.0192. The maximum absolute atomic E-state index is 12.9. The van der Waals surface area contributed by atoms with Crippen LogP contribution < -0.4 is 10.5 Å². The molecule has 34 heavy (non-hydrogen) atoms. The molecule has 2 rings (SSSR count). The molecule has 0 saturated carbocycles. The fourth-order valence-electron chi connectivity index (χ4n) is 2.80. The standard InChI is InChI=1S/C21H27N4O7PS/c1-4-31-18-7-5-16(6-8-18)21(27)34-19(9-10-32-33(28,29)30)14(2)25(13-26)12-17-11-23-15(3)24-20(17)22/h5-8,11,13H,4,9-10,12H2,1-3H3,(H2,22,23,24)(H2,28,29,30)/b19-14-. The predicted molar refractivity (Wildman–Crippen MR) is 128 cm³/mol. The number of thioether (sulfide) groups is 1. The van der Waals surface area contributed by atoms with Crippen LogP contribution in [0.5, 0.6) is 5.75 Å². The summed E-state index contributed by atoms with van der Waals surface area (Å²) in [6.45, 7) is 5.33. The van der Waals surface area contributed by atoms with Crippen molar-refractivity contribution in [3.05, 3.63) is 58.0 Å². The van der Waals surface area contributed by atoms with Crippen LogP contribution in [0.4, 0.5) is 5.82 Å². The number of hydrogen-bond donors (Lipinski definition) is 3. The van der Waals surface area contributed by atoms with Crippen molar-refractivity contribution >= 4 is 36.9 Å². The van der Waals surface area contributed by atoms with Gasteiger partial charge in [-0.25, -0.2) is 14.5 Å². The summed E-state index contributed by atoms with van der Waals surface area (Å²) in [4.78, 5) is 52.6. The molecule has 0 aliphatic carbocycles. The Morgan fingerprint density at radius 1 is 1.29 bits per heavy atom. The minimum atomic E-state index is -4.70. The highest BCUT2D eigenvalue weighted by Gasteiger charge is 2.20. The molecular formula is C21H27N4O7PS. The van der Waals surface area contributed by atoms with E-state index in [1.54, 1.807) is 38.1 Å². The number of phosphoric ester groups is 1. The van der Waals surface area contributed by atoms with Gasteiger partial charge < -0.3 is 25.2 Å². The molecule has 0 bridgehead atoms. The Morgan fingerprint density at radius 3 is 2.53 bits per heavy atom. The molecule has 13 heteroatoms. The Kier molecular flexibility index (Phi) is 10.2. The number of allylic oxidation sites excluding steroid dienone is 1. The highest BCUT2D eigenvalue weighted by Crippen LogP contribution is 2.37. The lowest BCUT2D eigenvalue weighted by Gasteiger charge is -2.22. The van der Waals surface area contributed by atoms with Gasteiger partial charge in [0, 0.05) is 34.3 Å². The predicted octanol–water partition coefficient (Wildman–Crippen LogP) is 3.03. The molecule has 4 N–H and O–H groups in total.